The molecule has 0 bridgehead atoms. The number of amides is 1. The number of carbonyl (C=O) groups is 1. The zero-order chi connectivity index (χ0) is 21.3. The predicted octanol–water partition coefficient (Wildman–Crippen LogP) is 4.42. The van der Waals surface area contributed by atoms with Crippen LogP contribution in [0.2, 0.25) is 0 Å². The van der Waals surface area contributed by atoms with Crippen LogP contribution in [-0.4, -0.2) is 26.0 Å². The first kappa shape index (κ1) is 20.5. The number of aryl methyl sites for hydroxylation is 4. The third-order valence-electron chi connectivity index (χ3n) is 5.60. The van der Waals surface area contributed by atoms with E-state index in [0.717, 1.165) is 35.5 Å². The summed E-state index contributed by atoms with van der Waals surface area (Å²) in [6.45, 7) is 8.30. The summed E-state index contributed by atoms with van der Waals surface area (Å²) in [6, 6.07) is 14.3. The number of fused-ring (bicyclic) bond motifs is 1. The minimum absolute atomic E-state index is 0.0485. The average molecular weight is 422 g/mol. The highest BCUT2D eigenvalue weighted by molar-refractivity contribution is 8.00. The molecule has 156 valence electrons. The van der Waals surface area contributed by atoms with Crippen molar-refractivity contribution in [2.75, 3.05) is 10.7 Å². The van der Waals surface area contributed by atoms with Crippen molar-refractivity contribution in [1.29, 1.82) is 0 Å². The maximum Gasteiger partial charge on any atom is 0.240 e. The molecular formula is C23H27N5OS. The zero-order valence-electron chi connectivity index (χ0n) is 17.8. The molecule has 2 heterocycles. The number of anilines is 1. The van der Waals surface area contributed by atoms with E-state index in [9.17, 15) is 4.79 Å². The number of thioether (sulfide) groups is 1. The molecule has 4 rings (SSSR count). The standard InChI is InChI=1S/C23H27N5OS/c1-5-16-8-10-17(11-9-16)20-21(30-23-26-25-19(6-2)28(23)27-20)22(29)24-18-12-7-14(3)15(4)13-18/h7-13,20-21,27H,5-6H2,1-4H3,(H,24,29)/t20-,21-/m1/s1. The van der Waals surface area contributed by atoms with E-state index in [2.05, 4.69) is 66.0 Å². The lowest BCUT2D eigenvalue weighted by molar-refractivity contribution is -0.116. The van der Waals surface area contributed by atoms with Gasteiger partial charge in [0.2, 0.25) is 11.1 Å². The largest absolute Gasteiger partial charge is 0.325 e. The molecule has 2 atom stereocenters. The number of aromatic nitrogens is 3. The first-order valence-corrected chi connectivity index (χ1v) is 11.2. The highest BCUT2D eigenvalue weighted by Crippen LogP contribution is 2.37. The lowest BCUT2D eigenvalue weighted by Crippen LogP contribution is -2.41. The first-order valence-electron chi connectivity index (χ1n) is 10.3. The van der Waals surface area contributed by atoms with Crippen LogP contribution in [-0.2, 0) is 17.6 Å². The Labute approximate surface area is 181 Å². The van der Waals surface area contributed by atoms with Crippen LogP contribution in [0.4, 0.5) is 5.69 Å². The van der Waals surface area contributed by atoms with Crippen LogP contribution in [0.3, 0.4) is 0 Å². The summed E-state index contributed by atoms with van der Waals surface area (Å²) in [6.07, 6.45) is 1.75. The van der Waals surface area contributed by atoms with E-state index in [-0.39, 0.29) is 17.2 Å². The molecule has 1 amide bonds. The summed E-state index contributed by atoms with van der Waals surface area (Å²) in [5, 5.41) is 12.0. The van der Waals surface area contributed by atoms with Gasteiger partial charge in [-0.3, -0.25) is 4.79 Å². The van der Waals surface area contributed by atoms with Gasteiger partial charge < -0.3 is 10.7 Å². The topological polar surface area (TPSA) is 71.8 Å². The van der Waals surface area contributed by atoms with Crippen LogP contribution in [0, 0.1) is 13.8 Å². The highest BCUT2D eigenvalue weighted by atomic mass is 32.2. The normalized spacial score (nSPS) is 17.9. The van der Waals surface area contributed by atoms with Crippen molar-refractivity contribution in [3.05, 3.63) is 70.5 Å². The van der Waals surface area contributed by atoms with E-state index in [1.807, 2.05) is 29.8 Å². The van der Waals surface area contributed by atoms with E-state index >= 15 is 0 Å². The second kappa shape index (κ2) is 8.52. The molecule has 0 fully saturated rings. The first-order chi connectivity index (χ1) is 14.5. The fraction of sp³-hybridized carbons (Fsp3) is 0.348. The Morgan fingerprint density at radius 2 is 1.83 bits per heavy atom. The van der Waals surface area contributed by atoms with Crippen molar-refractivity contribution in [2.45, 2.75) is 57.0 Å². The molecule has 0 saturated carbocycles. The van der Waals surface area contributed by atoms with Gasteiger partial charge in [-0.2, -0.15) is 0 Å². The Kier molecular flexibility index (Phi) is 5.81. The number of nitrogens with one attached hydrogen (secondary N) is 2. The van der Waals surface area contributed by atoms with Gasteiger partial charge in [0.25, 0.3) is 0 Å². The predicted molar refractivity (Wildman–Crippen MR) is 122 cm³/mol. The van der Waals surface area contributed by atoms with Crippen molar-refractivity contribution in [3.8, 4) is 0 Å². The Morgan fingerprint density at radius 3 is 2.50 bits per heavy atom. The van der Waals surface area contributed by atoms with Crippen molar-refractivity contribution < 1.29 is 4.79 Å². The summed E-state index contributed by atoms with van der Waals surface area (Å²) < 4.78 is 1.92. The minimum Gasteiger partial charge on any atom is -0.325 e. The van der Waals surface area contributed by atoms with Crippen LogP contribution >= 0.6 is 11.8 Å². The second-order valence-corrected chi connectivity index (χ2v) is 8.73. The minimum atomic E-state index is -0.375. The van der Waals surface area contributed by atoms with Gasteiger partial charge in [-0.15, -0.1) is 10.2 Å². The quantitative estimate of drug-likeness (QED) is 0.638. The Hall–Kier alpha value is -2.80. The number of rotatable bonds is 5. The van der Waals surface area contributed by atoms with Crippen molar-refractivity contribution in [3.63, 3.8) is 0 Å². The van der Waals surface area contributed by atoms with Crippen LogP contribution in [0.1, 0.15) is 48.0 Å². The lowest BCUT2D eigenvalue weighted by atomic mass is 10.0. The molecule has 0 aliphatic carbocycles. The Balaban J connectivity index is 1.66. The fourth-order valence-electron chi connectivity index (χ4n) is 3.57. The second-order valence-electron chi connectivity index (χ2n) is 7.62. The summed E-state index contributed by atoms with van der Waals surface area (Å²) in [5.41, 5.74) is 9.01. The molecule has 0 radical (unpaired) electrons. The monoisotopic (exact) mass is 421 g/mol. The molecule has 1 aliphatic rings. The van der Waals surface area contributed by atoms with Crippen molar-refractivity contribution in [2.24, 2.45) is 0 Å². The molecule has 2 N–H and O–H groups in total. The molecule has 1 aliphatic heterocycles. The van der Waals surface area contributed by atoms with Crippen molar-refractivity contribution >= 4 is 23.4 Å². The highest BCUT2D eigenvalue weighted by Gasteiger charge is 2.37. The van der Waals surface area contributed by atoms with E-state index in [1.165, 1.54) is 22.9 Å². The molecule has 7 heteroatoms. The molecule has 6 nitrogen and oxygen atoms in total. The third-order valence-corrected chi connectivity index (χ3v) is 6.82. The molecule has 2 aromatic carbocycles. The maximum absolute atomic E-state index is 13.3. The van der Waals surface area contributed by atoms with Gasteiger partial charge in [0.1, 0.15) is 5.25 Å². The number of hydrogen-bond acceptors (Lipinski definition) is 5. The van der Waals surface area contributed by atoms with E-state index in [1.54, 1.807) is 0 Å². The van der Waals surface area contributed by atoms with E-state index in [4.69, 9.17) is 0 Å². The summed E-state index contributed by atoms with van der Waals surface area (Å²) in [7, 11) is 0. The van der Waals surface area contributed by atoms with Crippen LogP contribution in [0.15, 0.2) is 47.6 Å². The van der Waals surface area contributed by atoms with Gasteiger partial charge in [0.05, 0.1) is 6.04 Å². The summed E-state index contributed by atoms with van der Waals surface area (Å²) in [5.74, 6) is 0.813. The lowest BCUT2D eigenvalue weighted by Gasteiger charge is -2.33. The maximum atomic E-state index is 13.3. The molecule has 1 aromatic heterocycles. The molecular weight excluding hydrogens is 394 g/mol. The van der Waals surface area contributed by atoms with Crippen LogP contribution in [0.25, 0.3) is 0 Å². The third kappa shape index (κ3) is 3.94. The molecule has 3 aromatic rings. The number of nitrogens with zero attached hydrogens (tertiary/aromatic N) is 3. The van der Waals surface area contributed by atoms with Gasteiger partial charge >= 0.3 is 0 Å². The SMILES string of the molecule is CCc1ccc([C@H]2Nn3c(CC)nnc3S[C@H]2C(=O)Nc2ccc(C)c(C)c2)cc1. The number of hydrogen-bond donors (Lipinski definition) is 2. The zero-order valence-corrected chi connectivity index (χ0v) is 18.6. The van der Waals surface area contributed by atoms with Gasteiger partial charge in [-0.25, -0.2) is 4.68 Å². The van der Waals surface area contributed by atoms with Crippen LogP contribution < -0.4 is 10.7 Å². The van der Waals surface area contributed by atoms with Gasteiger partial charge in [-0.05, 0) is 54.7 Å². The molecule has 0 saturated heterocycles. The molecule has 30 heavy (non-hydrogen) atoms. The smallest absolute Gasteiger partial charge is 0.240 e. The number of carbonyl (C=O) groups excluding carboxylic acids is 1. The van der Waals surface area contributed by atoms with Crippen LogP contribution in [0.5, 0.6) is 0 Å². The Bertz CT molecular complexity index is 1060. The van der Waals surface area contributed by atoms with E-state index < -0.39 is 0 Å². The van der Waals surface area contributed by atoms with E-state index in [0.29, 0.717) is 5.16 Å². The molecule has 0 spiro atoms. The Morgan fingerprint density at radius 1 is 1.07 bits per heavy atom. The summed E-state index contributed by atoms with van der Waals surface area (Å²) in [4.78, 5) is 13.3. The van der Waals surface area contributed by atoms with Gasteiger partial charge in [0.15, 0.2) is 5.82 Å². The fourth-order valence-corrected chi connectivity index (χ4v) is 4.67. The summed E-state index contributed by atoms with van der Waals surface area (Å²) >= 11 is 1.46. The van der Waals surface area contributed by atoms with Gasteiger partial charge in [0, 0.05) is 12.1 Å². The average Bonchev–Trinajstić information content (AvgIpc) is 3.17. The van der Waals surface area contributed by atoms with Crippen molar-refractivity contribution in [1.82, 2.24) is 14.9 Å². The van der Waals surface area contributed by atoms with Gasteiger partial charge in [-0.1, -0.05) is 55.9 Å². The molecule has 0 unspecified atom stereocenters. The number of benzene rings is 2.